The first-order valence-corrected chi connectivity index (χ1v) is 10.5. The fraction of sp³-hybridized carbons (Fsp3) is 0.588. The number of rotatable bonds is 7. The number of ether oxygens (including phenoxy) is 1. The van der Waals surface area contributed by atoms with E-state index in [4.69, 9.17) is 0 Å². The highest BCUT2D eigenvalue weighted by molar-refractivity contribution is 7.89. The van der Waals surface area contributed by atoms with Gasteiger partial charge in [-0.15, -0.1) is 13.2 Å². The summed E-state index contributed by atoms with van der Waals surface area (Å²) in [5, 5.41) is 2.48. The summed E-state index contributed by atoms with van der Waals surface area (Å²) in [4.78, 5) is 11.6. The van der Waals surface area contributed by atoms with Crippen LogP contribution in [0.25, 0.3) is 0 Å². The summed E-state index contributed by atoms with van der Waals surface area (Å²) in [7, 11) is -4.09. The molecule has 170 valence electrons. The van der Waals surface area contributed by atoms with Crippen molar-refractivity contribution in [1.29, 1.82) is 0 Å². The number of halogens is 6. The van der Waals surface area contributed by atoms with Crippen molar-refractivity contribution in [3.05, 3.63) is 24.3 Å². The summed E-state index contributed by atoms with van der Waals surface area (Å²) >= 11 is 0. The van der Waals surface area contributed by atoms with E-state index in [1.807, 2.05) is 0 Å². The van der Waals surface area contributed by atoms with Crippen molar-refractivity contribution in [2.24, 2.45) is 5.92 Å². The summed E-state index contributed by atoms with van der Waals surface area (Å²) in [6.07, 6.45) is -8.99. The highest BCUT2D eigenvalue weighted by atomic mass is 32.2. The lowest BCUT2D eigenvalue weighted by Gasteiger charge is -2.31. The molecule has 0 aliphatic heterocycles. The Morgan fingerprint density at radius 3 is 2.27 bits per heavy atom. The number of hydrogen-bond acceptors (Lipinski definition) is 4. The van der Waals surface area contributed by atoms with Gasteiger partial charge in [0.1, 0.15) is 5.75 Å². The molecule has 1 aromatic rings. The molecule has 13 heteroatoms. The third-order valence-electron chi connectivity index (χ3n) is 4.51. The van der Waals surface area contributed by atoms with Crippen molar-refractivity contribution < 1.29 is 44.3 Å². The molecule has 0 saturated heterocycles. The first kappa shape index (κ1) is 24.3. The van der Waals surface area contributed by atoms with Crippen molar-refractivity contribution >= 4 is 15.9 Å². The third-order valence-corrected chi connectivity index (χ3v) is 5.99. The van der Waals surface area contributed by atoms with E-state index in [-0.39, 0.29) is 30.7 Å². The molecule has 1 aliphatic carbocycles. The second kappa shape index (κ2) is 9.41. The number of amides is 1. The van der Waals surface area contributed by atoms with Crippen LogP contribution in [0, 0.1) is 5.92 Å². The van der Waals surface area contributed by atoms with Crippen LogP contribution in [0.2, 0.25) is 0 Å². The Kier molecular flexibility index (Phi) is 7.61. The van der Waals surface area contributed by atoms with Crippen LogP contribution in [0.4, 0.5) is 26.3 Å². The molecule has 30 heavy (non-hydrogen) atoms. The molecular weight excluding hydrogens is 442 g/mol. The van der Waals surface area contributed by atoms with Gasteiger partial charge in [0.05, 0.1) is 10.8 Å². The van der Waals surface area contributed by atoms with Crippen molar-refractivity contribution in [2.45, 2.75) is 55.6 Å². The van der Waals surface area contributed by atoms with Gasteiger partial charge < -0.3 is 10.1 Å². The van der Waals surface area contributed by atoms with E-state index in [0.29, 0.717) is 12.8 Å². The highest BCUT2D eigenvalue weighted by Gasteiger charge is 2.42. The number of sulfonamides is 1. The van der Waals surface area contributed by atoms with E-state index in [1.165, 1.54) is 0 Å². The summed E-state index contributed by atoms with van der Waals surface area (Å²) < 4.78 is 105. The second-order valence-electron chi connectivity index (χ2n) is 6.84. The lowest BCUT2D eigenvalue weighted by atomic mass is 9.85. The highest BCUT2D eigenvalue weighted by Crippen LogP contribution is 2.37. The minimum Gasteiger partial charge on any atom is -0.406 e. The molecule has 2 N–H and O–H groups in total. The fourth-order valence-corrected chi connectivity index (χ4v) is 4.15. The maximum absolute atomic E-state index is 12.8. The largest absolute Gasteiger partial charge is 0.573 e. The van der Waals surface area contributed by atoms with Crippen LogP contribution < -0.4 is 14.8 Å². The summed E-state index contributed by atoms with van der Waals surface area (Å²) in [5.41, 5.74) is 0. The molecule has 0 heterocycles. The molecule has 2 rings (SSSR count). The summed E-state index contributed by atoms with van der Waals surface area (Å²) in [6.45, 7) is -0.329. The zero-order chi connectivity index (χ0) is 22.6. The molecule has 1 aromatic carbocycles. The van der Waals surface area contributed by atoms with Crippen LogP contribution >= 0.6 is 0 Å². The predicted octanol–water partition coefficient (Wildman–Crippen LogP) is 3.49. The topological polar surface area (TPSA) is 84.5 Å². The third kappa shape index (κ3) is 7.67. The van der Waals surface area contributed by atoms with Gasteiger partial charge in [-0.3, -0.25) is 4.79 Å². The number of hydrogen-bond donors (Lipinski definition) is 2. The Bertz CT molecular complexity index is 824. The Labute approximate surface area is 169 Å². The Morgan fingerprint density at radius 1 is 1.07 bits per heavy atom. The molecule has 1 amide bonds. The maximum Gasteiger partial charge on any atom is 0.573 e. The Hall–Kier alpha value is -2.02. The number of benzene rings is 1. The van der Waals surface area contributed by atoms with Gasteiger partial charge >= 0.3 is 12.5 Å². The van der Waals surface area contributed by atoms with Crippen molar-refractivity contribution in [3.8, 4) is 5.75 Å². The predicted molar refractivity (Wildman–Crippen MR) is 92.9 cm³/mol. The van der Waals surface area contributed by atoms with E-state index < -0.39 is 46.2 Å². The lowest BCUT2D eigenvalue weighted by Crippen LogP contribution is -2.42. The molecule has 1 saturated carbocycles. The van der Waals surface area contributed by atoms with Gasteiger partial charge in [-0.25, -0.2) is 13.1 Å². The standard InChI is InChI=1S/C17H20F6N2O4S/c18-16(19,20)11-2-1-3-12(10-11)25-15(26)8-9-24-30(27,28)14-6-4-13(5-7-14)29-17(21,22)23/h4-7,11-12,24H,1-3,8-10H2,(H,25,26). The summed E-state index contributed by atoms with van der Waals surface area (Å²) in [5.74, 6) is -2.66. The molecule has 2 unspecified atom stereocenters. The van der Waals surface area contributed by atoms with E-state index in [0.717, 1.165) is 24.3 Å². The van der Waals surface area contributed by atoms with Gasteiger partial charge in [0.15, 0.2) is 0 Å². The number of nitrogens with one attached hydrogen (secondary N) is 2. The first-order chi connectivity index (χ1) is 13.8. The van der Waals surface area contributed by atoms with E-state index >= 15 is 0 Å². The number of carbonyl (C=O) groups excluding carboxylic acids is 1. The van der Waals surface area contributed by atoms with Gasteiger partial charge in [0.25, 0.3) is 0 Å². The lowest BCUT2D eigenvalue weighted by molar-refractivity contribution is -0.274. The van der Waals surface area contributed by atoms with Gasteiger partial charge in [0, 0.05) is 19.0 Å². The molecule has 1 fully saturated rings. The van der Waals surface area contributed by atoms with Gasteiger partial charge in [-0.1, -0.05) is 6.42 Å². The molecule has 0 spiro atoms. The monoisotopic (exact) mass is 462 g/mol. The van der Waals surface area contributed by atoms with Crippen LogP contribution in [0.1, 0.15) is 32.1 Å². The first-order valence-electron chi connectivity index (χ1n) is 8.98. The van der Waals surface area contributed by atoms with E-state index in [1.54, 1.807) is 0 Å². The van der Waals surface area contributed by atoms with Crippen LogP contribution in [-0.2, 0) is 14.8 Å². The molecule has 2 atom stereocenters. The van der Waals surface area contributed by atoms with Crippen molar-refractivity contribution in [1.82, 2.24) is 10.0 Å². The quantitative estimate of drug-likeness (QED) is 0.608. The molecule has 0 bridgehead atoms. The molecule has 1 aliphatic rings. The van der Waals surface area contributed by atoms with Gasteiger partial charge in [-0.05, 0) is 43.5 Å². The Balaban J connectivity index is 1.81. The SMILES string of the molecule is O=C(CCNS(=O)(=O)c1ccc(OC(F)(F)F)cc1)NC1CCCC(C(F)(F)F)C1. The average molecular weight is 462 g/mol. The van der Waals surface area contributed by atoms with Crippen LogP contribution in [-0.4, -0.2) is 39.5 Å². The van der Waals surface area contributed by atoms with Gasteiger partial charge in [0.2, 0.25) is 15.9 Å². The van der Waals surface area contributed by atoms with Crippen LogP contribution in [0.3, 0.4) is 0 Å². The van der Waals surface area contributed by atoms with Crippen LogP contribution in [0.15, 0.2) is 29.2 Å². The molecular formula is C17H20F6N2O4S. The van der Waals surface area contributed by atoms with Crippen molar-refractivity contribution in [2.75, 3.05) is 6.54 Å². The smallest absolute Gasteiger partial charge is 0.406 e. The molecule has 6 nitrogen and oxygen atoms in total. The number of alkyl halides is 6. The minimum absolute atomic E-state index is 0.0163. The van der Waals surface area contributed by atoms with Crippen LogP contribution in [0.5, 0.6) is 5.75 Å². The van der Waals surface area contributed by atoms with E-state index in [9.17, 15) is 39.6 Å². The second-order valence-corrected chi connectivity index (χ2v) is 8.60. The zero-order valence-corrected chi connectivity index (χ0v) is 16.3. The molecule has 0 aromatic heterocycles. The number of carbonyl (C=O) groups is 1. The Morgan fingerprint density at radius 2 is 1.70 bits per heavy atom. The summed E-state index contributed by atoms with van der Waals surface area (Å²) in [6, 6.07) is 2.84. The molecule has 0 radical (unpaired) electrons. The minimum atomic E-state index is -4.91. The maximum atomic E-state index is 12.8. The average Bonchev–Trinajstić information content (AvgIpc) is 2.60. The van der Waals surface area contributed by atoms with Gasteiger partial charge in [-0.2, -0.15) is 13.2 Å². The van der Waals surface area contributed by atoms with E-state index in [2.05, 4.69) is 14.8 Å². The normalized spacial score (nSPS) is 20.6. The van der Waals surface area contributed by atoms with Crippen molar-refractivity contribution in [3.63, 3.8) is 0 Å². The fourth-order valence-electron chi connectivity index (χ4n) is 3.12. The zero-order valence-electron chi connectivity index (χ0n) is 15.5.